The third-order valence-electron chi connectivity index (χ3n) is 1.60. The average molecular weight is 246 g/mol. The lowest BCUT2D eigenvalue weighted by Gasteiger charge is -1.98. The summed E-state index contributed by atoms with van der Waals surface area (Å²) in [6, 6.07) is 1.76. The van der Waals surface area contributed by atoms with Crippen molar-refractivity contribution < 1.29 is 9.53 Å². The number of carbonyl (C=O) groups is 1. The number of hydrogen-bond donors (Lipinski definition) is 0. The highest BCUT2D eigenvalue weighted by molar-refractivity contribution is 9.09. The molecule has 13 heavy (non-hydrogen) atoms. The van der Waals surface area contributed by atoms with E-state index in [1.54, 1.807) is 19.2 Å². The summed E-state index contributed by atoms with van der Waals surface area (Å²) in [5.41, 5.74) is 0.614. The zero-order valence-corrected chi connectivity index (χ0v) is 9.08. The maximum absolute atomic E-state index is 11.2. The van der Waals surface area contributed by atoms with Gasteiger partial charge in [0.25, 0.3) is 0 Å². The number of aromatic nitrogens is 1. The summed E-state index contributed by atoms with van der Waals surface area (Å²) in [6.07, 6.45) is 3.66. The van der Waals surface area contributed by atoms with E-state index in [4.69, 9.17) is 4.74 Å². The Morgan fingerprint density at radius 2 is 2.46 bits per heavy atom. The van der Waals surface area contributed by atoms with Crippen molar-refractivity contribution in [2.45, 2.75) is 13.5 Å². The van der Waals surface area contributed by atoms with Crippen LogP contribution >= 0.6 is 15.9 Å². The van der Waals surface area contributed by atoms with E-state index in [1.165, 1.54) is 0 Å². The van der Waals surface area contributed by atoms with Crippen LogP contribution < -0.4 is 0 Å². The molecule has 0 aromatic carbocycles. The summed E-state index contributed by atoms with van der Waals surface area (Å²) in [5, 5.41) is 0.879. The molecule has 0 radical (unpaired) electrons. The lowest BCUT2D eigenvalue weighted by molar-refractivity contribution is 0.0526. The molecule has 4 heteroatoms. The molecule has 1 aromatic heterocycles. The number of aryl methyl sites for hydroxylation is 1. The van der Waals surface area contributed by atoms with Crippen molar-refractivity contribution in [2.24, 2.45) is 0 Å². The monoisotopic (exact) mass is 245 g/mol. The van der Waals surface area contributed by atoms with Gasteiger partial charge in [-0.05, 0) is 13.0 Å². The van der Waals surface area contributed by atoms with Crippen LogP contribution in [0.4, 0.5) is 0 Å². The summed E-state index contributed by atoms with van der Waals surface area (Å²) in [4.78, 5) is 11.2. The SMILES string of the molecule is CCOC(=O)c1ccn(CCBr)c1. The molecule has 0 N–H and O–H groups in total. The Hall–Kier alpha value is -0.770. The number of carbonyl (C=O) groups excluding carboxylic acids is 1. The highest BCUT2D eigenvalue weighted by Gasteiger charge is 2.06. The van der Waals surface area contributed by atoms with Crippen molar-refractivity contribution in [2.75, 3.05) is 11.9 Å². The second-order valence-corrected chi connectivity index (χ2v) is 3.34. The lowest BCUT2D eigenvalue weighted by Crippen LogP contribution is -2.03. The predicted molar refractivity (Wildman–Crippen MR) is 54.2 cm³/mol. The van der Waals surface area contributed by atoms with Crippen molar-refractivity contribution in [3.05, 3.63) is 24.0 Å². The molecule has 3 nitrogen and oxygen atoms in total. The van der Waals surface area contributed by atoms with Gasteiger partial charge in [0.1, 0.15) is 0 Å². The van der Waals surface area contributed by atoms with Crippen molar-refractivity contribution >= 4 is 21.9 Å². The van der Waals surface area contributed by atoms with Gasteiger partial charge in [-0.3, -0.25) is 0 Å². The first-order valence-electron chi connectivity index (χ1n) is 4.16. The fourth-order valence-corrected chi connectivity index (χ4v) is 1.42. The van der Waals surface area contributed by atoms with Gasteiger partial charge in [0.05, 0.1) is 12.2 Å². The van der Waals surface area contributed by atoms with Gasteiger partial charge in [0.2, 0.25) is 0 Å². The molecule has 0 saturated carbocycles. The van der Waals surface area contributed by atoms with E-state index < -0.39 is 0 Å². The second kappa shape index (κ2) is 5.07. The fraction of sp³-hybridized carbons (Fsp3) is 0.444. The molecule has 1 rings (SSSR count). The molecule has 0 amide bonds. The molecule has 0 unspecified atom stereocenters. The molecular weight excluding hydrogens is 234 g/mol. The van der Waals surface area contributed by atoms with Gasteiger partial charge in [-0.2, -0.15) is 0 Å². The van der Waals surface area contributed by atoms with E-state index in [1.807, 2.05) is 10.8 Å². The van der Waals surface area contributed by atoms with Gasteiger partial charge < -0.3 is 9.30 Å². The highest BCUT2D eigenvalue weighted by Crippen LogP contribution is 2.03. The van der Waals surface area contributed by atoms with Crippen molar-refractivity contribution in [3.63, 3.8) is 0 Å². The average Bonchev–Trinajstić information content (AvgIpc) is 2.54. The van der Waals surface area contributed by atoms with Gasteiger partial charge in [-0.1, -0.05) is 15.9 Å². The molecule has 1 heterocycles. The summed E-state index contributed by atoms with van der Waals surface area (Å²) in [7, 11) is 0. The van der Waals surface area contributed by atoms with Gasteiger partial charge in [0.15, 0.2) is 0 Å². The van der Waals surface area contributed by atoms with E-state index in [-0.39, 0.29) is 5.97 Å². The van der Waals surface area contributed by atoms with Crippen LogP contribution in [0, 0.1) is 0 Å². The third-order valence-corrected chi connectivity index (χ3v) is 1.96. The van der Waals surface area contributed by atoms with Crippen molar-refractivity contribution in [3.8, 4) is 0 Å². The van der Waals surface area contributed by atoms with Crippen molar-refractivity contribution in [1.82, 2.24) is 4.57 Å². The van der Waals surface area contributed by atoms with Gasteiger partial charge in [-0.15, -0.1) is 0 Å². The van der Waals surface area contributed by atoms with E-state index in [0.29, 0.717) is 12.2 Å². The predicted octanol–water partition coefficient (Wildman–Crippen LogP) is 2.06. The Balaban J connectivity index is 2.62. The Morgan fingerprint density at radius 3 is 3.08 bits per heavy atom. The van der Waals surface area contributed by atoms with E-state index in [0.717, 1.165) is 11.9 Å². The van der Waals surface area contributed by atoms with Crippen LogP contribution in [0.3, 0.4) is 0 Å². The quantitative estimate of drug-likeness (QED) is 0.601. The topological polar surface area (TPSA) is 31.2 Å². The smallest absolute Gasteiger partial charge is 0.339 e. The number of hydrogen-bond acceptors (Lipinski definition) is 2. The molecule has 0 spiro atoms. The lowest BCUT2D eigenvalue weighted by atomic mass is 10.3. The van der Waals surface area contributed by atoms with Crippen LogP contribution in [0.1, 0.15) is 17.3 Å². The Morgan fingerprint density at radius 1 is 1.69 bits per heavy atom. The zero-order chi connectivity index (χ0) is 9.68. The van der Waals surface area contributed by atoms with Gasteiger partial charge in [0, 0.05) is 24.3 Å². The summed E-state index contributed by atoms with van der Waals surface area (Å²) >= 11 is 3.33. The molecule has 0 atom stereocenters. The first kappa shape index (κ1) is 10.3. The molecule has 0 aliphatic rings. The van der Waals surface area contributed by atoms with Crippen LogP contribution in [0.2, 0.25) is 0 Å². The molecule has 0 bridgehead atoms. The number of halogens is 1. The standard InChI is InChI=1S/C9H12BrNO2/c1-2-13-9(12)8-3-5-11(7-8)6-4-10/h3,5,7H,2,4,6H2,1H3. The summed E-state index contributed by atoms with van der Waals surface area (Å²) in [6.45, 7) is 3.08. The molecule has 0 aliphatic carbocycles. The number of rotatable bonds is 4. The Labute approximate surface area is 85.8 Å². The number of nitrogens with zero attached hydrogens (tertiary/aromatic N) is 1. The number of alkyl halides is 1. The maximum Gasteiger partial charge on any atom is 0.339 e. The zero-order valence-electron chi connectivity index (χ0n) is 7.50. The minimum Gasteiger partial charge on any atom is -0.462 e. The minimum atomic E-state index is -0.254. The Kier molecular flexibility index (Phi) is 4.02. The first-order chi connectivity index (χ1) is 6.27. The maximum atomic E-state index is 11.2. The largest absolute Gasteiger partial charge is 0.462 e. The Bertz CT molecular complexity index is 283. The molecule has 0 fully saturated rings. The van der Waals surface area contributed by atoms with Crippen LogP contribution in [-0.2, 0) is 11.3 Å². The van der Waals surface area contributed by atoms with Crippen LogP contribution in [0.25, 0.3) is 0 Å². The number of esters is 1. The van der Waals surface area contributed by atoms with E-state index >= 15 is 0 Å². The summed E-state index contributed by atoms with van der Waals surface area (Å²) < 4.78 is 6.80. The fourth-order valence-electron chi connectivity index (χ4n) is 1.01. The molecule has 72 valence electrons. The highest BCUT2D eigenvalue weighted by atomic mass is 79.9. The molecule has 0 saturated heterocycles. The van der Waals surface area contributed by atoms with Crippen LogP contribution in [0.15, 0.2) is 18.5 Å². The molecule has 1 aromatic rings. The van der Waals surface area contributed by atoms with Gasteiger partial charge >= 0.3 is 5.97 Å². The van der Waals surface area contributed by atoms with Gasteiger partial charge in [-0.25, -0.2) is 4.79 Å². The van der Waals surface area contributed by atoms with E-state index in [2.05, 4.69) is 15.9 Å². The van der Waals surface area contributed by atoms with Crippen LogP contribution in [0.5, 0.6) is 0 Å². The normalized spacial score (nSPS) is 10.0. The molecular formula is C9H12BrNO2. The summed E-state index contributed by atoms with van der Waals surface area (Å²) in [5.74, 6) is -0.254. The van der Waals surface area contributed by atoms with E-state index in [9.17, 15) is 4.79 Å². The third kappa shape index (κ3) is 2.88. The minimum absolute atomic E-state index is 0.254. The van der Waals surface area contributed by atoms with Crippen LogP contribution in [-0.4, -0.2) is 22.5 Å². The van der Waals surface area contributed by atoms with Crippen molar-refractivity contribution in [1.29, 1.82) is 0 Å². The second-order valence-electron chi connectivity index (χ2n) is 2.55. The number of ether oxygens (including phenoxy) is 1. The molecule has 0 aliphatic heterocycles. The first-order valence-corrected chi connectivity index (χ1v) is 5.29.